The van der Waals surface area contributed by atoms with E-state index in [9.17, 15) is 19.8 Å². The summed E-state index contributed by atoms with van der Waals surface area (Å²) in [5, 5.41) is 21.7. The Morgan fingerprint density at radius 1 is 1.00 bits per heavy atom. The van der Waals surface area contributed by atoms with Crippen LogP contribution >= 0.6 is 0 Å². The van der Waals surface area contributed by atoms with Gasteiger partial charge < -0.3 is 15.1 Å². The molecular weight excluding hydrogens is 378 g/mol. The second kappa shape index (κ2) is 8.38. The quantitative estimate of drug-likeness (QED) is 0.753. The van der Waals surface area contributed by atoms with Gasteiger partial charge in [0.15, 0.2) is 0 Å². The highest BCUT2D eigenvalue weighted by Crippen LogP contribution is 2.55. The Hall–Kier alpha value is -2.40. The molecule has 1 amide bonds. The molecule has 1 aromatic carbocycles. The van der Waals surface area contributed by atoms with E-state index >= 15 is 0 Å². The first-order valence-corrected chi connectivity index (χ1v) is 11.1. The van der Waals surface area contributed by atoms with Crippen molar-refractivity contribution < 1.29 is 19.8 Å². The monoisotopic (exact) mass is 409 g/mol. The molecular formula is C25H31NO4. The Morgan fingerprint density at radius 2 is 1.70 bits per heavy atom. The number of benzene rings is 1. The number of carboxylic acid groups (broad SMARTS) is 1. The minimum absolute atomic E-state index is 0.0621. The summed E-state index contributed by atoms with van der Waals surface area (Å²) >= 11 is 0. The maximum Gasteiger partial charge on any atom is 0.304 e. The molecule has 1 aliphatic heterocycles. The Kier molecular flexibility index (Phi) is 5.83. The van der Waals surface area contributed by atoms with E-state index in [2.05, 4.69) is 0 Å². The molecule has 0 bridgehead atoms. The summed E-state index contributed by atoms with van der Waals surface area (Å²) in [5.41, 5.74) is -1.08. The molecule has 3 unspecified atom stereocenters. The summed E-state index contributed by atoms with van der Waals surface area (Å²) in [4.78, 5) is 26.7. The normalized spacial score (nSPS) is 31.4. The van der Waals surface area contributed by atoms with Gasteiger partial charge in [0.1, 0.15) is 0 Å². The Morgan fingerprint density at radius 3 is 2.40 bits per heavy atom. The van der Waals surface area contributed by atoms with Gasteiger partial charge in [0, 0.05) is 18.5 Å². The van der Waals surface area contributed by atoms with Crippen LogP contribution < -0.4 is 0 Å². The second-order valence-electron chi connectivity index (χ2n) is 9.12. The van der Waals surface area contributed by atoms with E-state index in [1.807, 2.05) is 59.5 Å². The number of carboxylic acids is 1. The lowest BCUT2D eigenvalue weighted by molar-refractivity contribution is -0.149. The van der Waals surface area contributed by atoms with Crippen LogP contribution in [0.5, 0.6) is 0 Å². The van der Waals surface area contributed by atoms with Gasteiger partial charge in [-0.3, -0.25) is 9.59 Å². The molecule has 160 valence electrons. The van der Waals surface area contributed by atoms with Crippen molar-refractivity contribution in [2.75, 3.05) is 13.1 Å². The highest BCUT2D eigenvalue weighted by atomic mass is 16.4. The van der Waals surface area contributed by atoms with Crippen LogP contribution in [0.25, 0.3) is 0 Å². The van der Waals surface area contributed by atoms with Gasteiger partial charge in [-0.2, -0.15) is 0 Å². The van der Waals surface area contributed by atoms with Gasteiger partial charge in [-0.15, -0.1) is 0 Å². The largest absolute Gasteiger partial charge is 0.481 e. The second-order valence-corrected chi connectivity index (χ2v) is 9.12. The standard InChI is InChI=1S/C25H31NO4/c27-22(16-19-8-2-1-3-9-19)26-15-12-21(18-26)24(17-23(28)29)13-6-7-14-25(24,30)20-10-4-5-11-20/h1-3,6-9,13-14,20-21,30H,4-5,10-12,15-18H2,(H,28,29). The summed E-state index contributed by atoms with van der Waals surface area (Å²) in [6, 6.07) is 9.69. The third-order valence-electron chi connectivity index (χ3n) is 7.49. The number of hydrogen-bond acceptors (Lipinski definition) is 3. The zero-order valence-corrected chi connectivity index (χ0v) is 17.4. The molecule has 3 atom stereocenters. The maximum absolute atomic E-state index is 12.9. The minimum atomic E-state index is -1.18. The summed E-state index contributed by atoms with van der Waals surface area (Å²) in [6.45, 7) is 1.10. The summed E-state index contributed by atoms with van der Waals surface area (Å²) in [7, 11) is 0. The maximum atomic E-state index is 12.9. The zero-order valence-electron chi connectivity index (χ0n) is 17.4. The number of likely N-dealkylation sites (tertiary alicyclic amines) is 1. The number of aliphatic hydroxyl groups is 1. The summed E-state index contributed by atoms with van der Waals surface area (Å²) in [5.74, 6) is -0.860. The van der Waals surface area contributed by atoms with Crippen molar-refractivity contribution in [1.82, 2.24) is 4.90 Å². The van der Waals surface area contributed by atoms with Crippen LogP contribution in [0.15, 0.2) is 54.6 Å². The summed E-state index contributed by atoms with van der Waals surface area (Å²) in [6.07, 6.45) is 12.4. The fourth-order valence-corrected chi connectivity index (χ4v) is 5.95. The Balaban J connectivity index is 1.58. The smallest absolute Gasteiger partial charge is 0.304 e. The third kappa shape index (κ3) is 3.71. The zero-order chi connectivity index (χ0) is 21.2. The van der Waals surface area contributed by atoms with E-state index in [1.54, 1.807) is 0 Å². The van der Waals surface area contributed by atoms with Gasteiger partial charge in [0.25, 0.3) is 0 Å². The van der Waals surface area contributed by atoms with Crippen molar-refractivity contribution in [3.05, 3.63) is 60.2 Å². The van der Waals surface area contributed by atoms with Crippen LogP contribution in [0, 0.1) is 17.3 Å². The van der Waals surface area contributed by atoms with Gasteiger partial charge in [-0.1, -0.05) is 67.5 Å². The lowest BCUT2D eigenvalue weighted by atomic mass is 9.55. The number of rotatable bonds is 6. The van der Waals surface area contributed by atoms with Gasteiger partial charge in [0.05, 0.1) is 18.4 Å². The van der Waals surface area contributed by atoms with Gasteiger partial charge in [0.2, 0.25) is 5.91 Å². The number of aliphatic carboxylic acids is 1. The topological polar surface area (TPSA) is 77.8 Å². The molecule has 2 fully saturated rings. The molecule has 3 aliphatic rings. The number of carbonyl (C=O) groups is 2. The Labute approximate surface area is 178 Å². The van der Waals surface area contributed by atoms with Gasteiger partial charge in [-0.25, -0.2) is 0 Å². The molecule has 4 rings (SSSR count). The first kappa shape index (κ1) is 20.9. The lowest BCUT2D eigenvalue weighted by Gasteiger charge is -2.51. The van der Waals surface area contributed by atoms with Gasteiger partial charge >= 0.3 is 5.97 Å². The van der Waals surface area contributed by atoms with E-state index < -0.39 is 17.0 Å². The molecule has 0 spiro atoms. The van der Waals surface area contributed by atoms with E-state index in [0.717, 1.165) is 31.2 Å². The first-order valence-electron chi connectivity index (χ1n) is 11.1. The number of allylic oxidation sites excluding steroid dienone is 2. The fraction of sp³-hybridized carbons (Fsp3) is 0.520. The number of amides is 1. The number of hydrogen-bond donors (Lipinski definition) is 2. The molecule has 0 radical (unpaired) electrons. The predicted octanol–water partition coefficient (Wildman–Crippen LogP) is 3.59. The molecule has 0 aromatic heterocycles. The van der Waals surface area contributed by atoms with Crippen LogP contribution in [0.2, 0.25) is 0 Å². The van der Waals surface area contributed by atoms with E-state index in [0.29, 0.717) is 25.9 Å². The molecule has 1 heterocycles. The molecule has 1 saturated heterocycles. The van der Waals surface area contributed by atoms with Crippen molar-refractivity contribution in [3.63, 3.8) is 0 Å². The lowest BCUT2D eigenvalue weighted by Crippen LogP contribution is -2.57. The summed E-state index contributed by atoms with van der Waals surface area (Å²) < 4.78 is 0. The van der Waals surface area contributed by atoms with Crippen LogP contribution in [-0.4, -0.2) is 45.7 Å². The molecule has 1 aromatic rings. The van der Waals surface area contributed by atoms with Crippen molar-refractivity contribution in [3.8, 4) is 0 Å². The van der Waals surface area contributed by atoms with Gasteiger partial charge in [-0.05, 0) is 36.7 Å². The van der Waals surface area contributed by atoms with E-state index in [4.69, 9.17) is 0 Å². The van der Waals surface area contributed by atoms with Crippen molar-refractivity contribution in [2.45, 2.75) is 50.5 Å². The highest BCUT2D eigenvalue weighted by molar-refractivity contribution is 5.79. The van der Waals surface area contributed by atoms with Crippen LogP contribution in [-0.2, 0) is 16.0 Å². The number of nitrogens with zero attached hydrogens (tertiary/aromatic N) is 1. The third-order valence-corrected chi connectivity index (χ3v) is 7.49. The molecule has 30 heavy (non-hydrogen) atoms. The van der Waals surface area contributed by atoms with Crippen LogP contribution in [0.1, 0.15) is 44.1 Å². The van der Waals surface area contributed by atoms with Crippen molar-refractivity contribution in [1.29, 1.82) is 0 Å². The van der Waals surface area contributed by atoms with Crippen LogP contribution in [0.3, 0.4) is 0 Å². The van der Waals surface area contributed by atoms with Crippen LogP contribution in [0.4, 0.5) is 0 Å². The average Bonchev–Trinajstić information content (AvgIpc) is 3.43. The molecule has 5 heteroatoms. The number of carbonyl (C=O) groups excluding carboxylic acids is 1. The van der Waals surface area contributed by atoms with Crippen molar-refractivity contribution >= 4 is 11.9 Å². The van der Waals surface area contributed by atoms with E-state index in [1.165, 1.54) is 0 Å². The first-order chi connectivity index (χ1) is 14.4. The molecule has 2 N–H and O–H groups in total. The van der Waals surface area contributed by atoms with E-state index in [-0.39, 0.29) is 24.2 Å². The molecule has 1 saturated carbocycles. The molecule has 5 nitrogen and oxygen atoms in total. The Bertz CT molecular complexity index is 842. The minimum Gasteiger partial charge on any atom is -0.481 e. The highest BCUT2D eigenvalue weighted by Gasteiger charge is 2.58. The predicted molar refractivity (Wildman–Crippen MR) is 115 cm³/mol. The van der Waals surface area contributed by atoms with Crippen molar-refractivity contribution in [2.24, 2.45) is 17.3 Å². The SMILES string of the molecule is O=C(O)CC1(C2CCN(C(=O)Cc3ccccc3)C2)C=CC=CC1(O)C1CCCC1. The fourth-order valence-electron chi connectivity index (χ4n) is 5.95. The molecule has 2 aliphatic carbocycles. The average molecular weight is 410 g/mol.